The number of anilines is 1. The third-order valence-corrected chi connectivity index (χ3v) is 3.01. The van der Waals surface area contributed by atoms with Gasteiger partial charge in [0.1, 0.15) is 0 Å². The number of nitrogens with one attached hydrogen (secondary N) is 1. The van der Waals surface area contributed by atoms with Crippen molar-refractivity contribution in [2.45, 2.75) is 6.54 Å². The van der Waals surface area contributed by atoms with Crippen LogP contribution in [-0.2, 0) is 13.6 Å². The third-order valence-electron chi connectivity index (χ3n) is 3.01. The summed E-state index contributed by atoms with van der Waals surface area (Å²) in [6.45, 7) is 0.784. The lowest BCUT2D eigenvalue weighted by atomic mass is 10.3. The maximum Gasteiger partial charge on any atom is 0.153 e. The lowest BCUT2D eigenvalue weighted by Gasteiger charge is -2.08. The van der Waals surface area contributed by atoms with Crippen molar-refractivity contribution >= 4 is 5.69 Å². The molecule has 0 unspecified atom stereocenters. The van der Waals surface area contributed by atoms with E-state index in [1.54, 1.807) is 10.9 Å². The molecule has 3 aromatic heterocycles. The van der Waals surface area contributed by atoms with Gasteiger partial charge in [0.25, 0.3) is 0 Å². The van der Waals surface area contributed by atoms with Crippen molar-refractivity contribution in [3.05, 3.63) is 60.8 Å². The number of rotatable bonds is 4. The average molecular weight is 253 g/mol. The standard InChI is InChI=1S/C14H15N5/c1-18-8-2-4-13(18)11-15-12-5-6-14(16-10-12)19-9-3-7-17-19/h2-10,15H,11H2,1H3. The molecule has 5 heteroatoms. The van der Waals surface area contributed by atoms with Gasteiger partial charge in [-0.05, 0) is 30.3 Å². The minimum atomic E-state index is 0.784. The van der Waals surface area contributed by atoms with Crippen molar-refractivity contribution in [1.29, 1.82) is 0 Å². The Kier molecular flexibility index (Phi) is 3.02. The van der Waals surface area contributed by atoms with E-state index in [9.17, 15) is 0 Å². The van der Waals surface area contributed by atoms with Crippen LogP contribution in [0.4, 0.5) is 5.69 Å². The summed E-state index contributed by atoms with van der Waals surface area (Å²) in [6, 6.07) is 9.96. The van der Waals surface area contributed by atoms with Crippen LogP contribution in [0.1, 0.15) is 5.69 Å². The first-order valence-electron chi connectivity index (χ1n) is 6.13. The van der Waals surface area contributed by atoms with Crippen LogP contribution >= 0.6 is 0 Å². The number of nitrogens with zero attached hydrogens (tertiary/aromatic N) is 4. The minimum absolute atomic E-state index is 0.784. The molecule has 0 spiro atoms. The van der Waals surface area contributed by atoms with Gasteiger partial charge in [-0.1, -0.05) is 0 Å². The summed E-state index contributed by atoms with van der Waals surface area (Å²) in [7, 11) is 2.04. The second kappa shape index (κ2) is 4.97. The van der Waals surface area contributed by atoms with Crippen LogP contribution in [0.5, 0.6) is 0 Å². The zero-order valence-electron chi connectivity index (χ0n) is 10.7. The summed E-state index contributed by atoms with van der Waals surface area (Å²) in [6.07, 6.45) is 7.47. The highest BCUT2D eigenvalue weighted by molar-refractivity contribution is 5.43. The SMILES string of the molecule is Cn1cccc1CNc1ccc(-n2cccn2)nc1. The van der Waals surface area contributed by atoms with E-state index in [4.69, 9.17) is 0 Å². The molecule has 1 N–H and O–H groups in total. The first-order chi connectivity index (χ1) is 9.33. The van der Waals surface area contributed by atoms with Crippen LogP contribution in [0.3, 0.4) is 0 Å². The fourth-order valence-electron chi connectivity index (χ4n) is 1.90. The van der Waals surface area contributed by atoms with Gasteiger partial charge >= 0.3 is 0 Å². The summed E-state index contributed by atoms with van der Waals surface area (Å²) in [4.78, 5) is 4.37. The van der Waals surface area contributed by atoms with E-state index in [2.05, 4.69) is 26.0 Å². The molecule has 3 rings (SSSR count). The minimum Gasteiger partial charge on any atom is -0.378 e. The Morgan fingerprint density at radius 2 is 2.11 bits per heavy atom. The largest absolute Gasteiger partial charge is 0.378 e. The molecule has 3 heterocycles. The Hall–Kier alpha value is -2.56. The summed E-state index contributed by atoms with van der Waals surface area (Å²) in [5.41, 5.74) is 2.23. The van der Waals surface area contributed by atoms with Crippen LogP contribution in [-0.4, -0.2) is 19.3 Å². The zero-order valence-corrected chi connectivity index (χ0v) is 10.7. The van der Waals surface area contributed by atoms with E-state index in [1.807, 2.05) is 49.9 Å². The van der Waals surface area contributed by atoms with Crippen LogP contribution in [0, 0.1) is 0 Å². The molecule has 3 aromatic rings. The van der Waals surface area contributed by atoms with Gasteiger partial charge in [-0.15, -0.1) is 0 Å². The van der Waals surface area contributed by atoms with Crippen LogP contribution in [0.2, 0.25) is 0 Å². The fraction of sp³-hybridized carbons (Fsp3) is 0.143. The average Bonchev–Trinajstić information content (AvgIpc) is 3.09. The molecule has 0 fully saturated rings. The van der Waals surface area contributed by atoms with Crippen molar-refractivity contribution in [2.75, 3.05) is 5.32 Å². The number of pyridine rings is 1. The van der Waals surface area contributed by atoms with Gasteiger partial charge in [-0.3, -0.25) is 0 Å². The van der Waals surface area contributed by atoms with Gasteiger partial charge in [-0.2, -0.15) is 5.10 Å². The van der Waals surface area contributed by atoms with Crippen LogP contribution < -0.4 is 5.32 Å². The Bertz CT molecular complexity index is 637. The zero-order chi connectivity index (χ0) is 13.1. The van der Waals surface area contributed by atoms with Crippen molar-refractivity contribution < 1.29 is 0 Å². The smallest absolute Gasteiger partial charge is 0.153 e. The normalized spacial score (nSPS) is 10.6. The van der Waals surface area contributed by atoms with E-state index < -0.39 is 0 Å². The second-order valence-corrected chi connectivity index (χ2v) is 4.32. The van der Waals surface area contributed by atoms with Crippen molar-refractivity contribution in [3.8, 4) is 5.82 Å². The molecule has 0 saturated carbocycles. The van der Waals surface area contributed by atoms with Gasteiger partial charge in [0.2, 0.25) is 0 Å². The first kappa shape index (κ1) is 11.5. The molecule has 0 aromatic carbocycles. The highest BCUT2D eigenvalue weighted by atomic mass is 15.3. The van der Waals surface area contributed by atoms with E-state index in [0.717, 1.165) is 18.1 Å². The molecule has 5 nitrogen and oxygen atoms in total. The molecule has 0 amide bonds. The van der Waals surface area contributed by atoms with E-state index >= 15 is 0 Å². The van der Waals surface area contributed by atoms with Crippen molar-refractivity contribution in [2.24, 2.45) is 7.05 Å². The van der Waals surface area contributed by atoms with Crippen LogP contribution in [0.15, 0.2) is 55.1 Å². The predicted octanol–water partition coefficient (Wildman–Crippen LogP) is 2.22. The highest BCUT2D eigenvalue weighted by Crippen LogP contribution is 2.10. The van der Waals surface area contributed by atoms with Crippen molar-refractivity contribution in [3.63, 3.8) is 0 Å². The molecule has 96 valence electrons. The maximum absolute atomic E-state index is 4.37. The van der Waals surface area contributed by atoms with Gasteiger partial charge in [-0.25, -0.2) is 9.67 Å². The Morgan fingerprint density at radius 3 is 2.74 bits per heavy atom. The molecule has 0 aliphatic heterocycles. The first-order valence-corrected chi connectivity index (χ1v) is 6.13. The lowest BCUT2D eigenvalue weighted by molar-refractivity contribution is 0.837. The van der Waals surface area contributed by atoms with E-state index in [0.29, 0.717) is 0 Å². The summed E-state index contributed by atoms with van der Waals surface area (Å²) in [5, 5.41) is 7.49. The second-order valence-electron chi connectivity index (χ2n) is 4.32. The maximum atomic E-state index is 4.37. The summed E-state index contributed by atoms with van der Waals surface area (Å²) >= 11 is 0. The van der Waals surface area contributed by atoms with E-state index in [-0.39, 0.29) is 0 Å². The molecule has 19 heavy (non-hydrogen) atoms. The quantitative estimate of drug-likeness (QED) is 0.775. The fourth-order valence-corrected chi connectivity index (χ4v) is 1.90. The molecule has 0 aliphatic rings. The number of aromatic nitrogens is 4. The van der Waals surface area contributed by atoms with Gasteiger partial charge in [0, 0.05) is 31.3 Å². The topological polar surface area (TPSA) is 47.7 Å². The molecular formula is C14H15N5. The number of hydrogen-bond donors (Lipinski definition) is 1. The Morgan fingerprint density at radius 1 is 1.16 bits per heavy atom. The highest BCUT2D eigenvalue weighted by Gasteiger charge is 2.00. The van der Waals surface area contributed by atoms with Gasteiger partial charge in [0.05, 0.1) is 18.4 Å². The number of aryl methyl sites for hydroxylation is 1. The monoisotopic (exact) mass is 253 g/mol. The molecular weight excluding hydrogens is 238 g/mol. The van der Waals surface area contributed by atoms with Gasteiger partial charge < -0.3 is 9.88 Å². The van der Waals surface area contributed by atoms with Gasteiger partial charge in [0.15, 0.2) is 5.82 Å². The van der Waals surface area contributed by atoms with E-state index in [1.165, 1.54) is 5.69 Å². The summed E-state index contributed by atoms with van der Waals surface area (Å²) in [5.74, 6) is 0.814. The predicted molar refractivity (Wildman–Crippen MR) is 74.1 cm³/mol. The third kappa shape index (κ3) is 2.49. The molecule has 0 aliphatic carbocycles. The molecule has 0 bridgehead atoms. The molecule has 0 saturated heterocycles. The lowest BCUT2D eigenvalue weighted by Crippen LogP contribution is -2.05. The molecule has 0 radical (unpaired) electrons. The Balaban J connectivity index is 1.68. The molecule has 0 atom stereocenters. The van der Waals surface area contributed by atoms with Crippen molar-refractivity contribution in [1.82, 2.24) is 19.3 Å². The Labute approximate surface area is 111 Å². The van der Waals surface area contributed by atoms with Crippen LogP contribution in [0.25, 0.3) is 5.82 Å². The summed E-state index contributed by atoms with van der Waals surface area (Å²) < 4.78 is 3.83. The number of hydrogen-bond acceptors (Lipinski definition) is 3.